The molecule has 1 saturated heterocycles. The third-order valence-electron chi connectivity index (χ3n) is 2.62. The predicted octanol–water partition coefficient (Wildman–Crippen LogP) is 0.474. The van der Waals surface area contributed by atoms with E-state index in [-0.39, 0.29) is 0 Å². The van der Waals surface area contributed by atoms with Crippen LogP contribution in [0.1, 0.15) is 6.92 Å². The van der Waals surface area contributed by atoms with Crippen molar-refractivity contribution in [2.24, 2.45) is 16.8 Å². The van der Waals surface area contributed by atoms with Crippen molar-refractivity contribution in [2.75, 3.05) is 40.3 Å². The van der Waals surface area contributed by atoms with Crippen LogP contribution >= 0.6 is 0 Å². The normalized spacial score (nSPS) is 30.4. The van der Waals surface area contributed by atoms with Crippen LogP contribution in [0, 0.1) is 11.8 Å². The minimum Gasteiger partial charge on any atom is -0.319 e. The highest BCUT2D eigenvalue weighted by atomic mass is 15.1. The van der Waals surface area contributed by atoms with Crippen LogP contribution in [0.2, 0.25) is 0 Å². The summed E-state index contributed by atoms with van der Waals surface area (Å²) in [5.74, 6) is 1.39. The van der Waals surface area contributed by atoms with Gasteiger partial charge in [-0.05, 0) is 33.5 Å². The molecule has 2 atom stereocenters. The van der Waals surface area contributed by atoms with Crippen molar-refractivity contribution < 1.29 is 0 Å². The van der Waals surface area contributed by atoms with Gasteiger partial charge in [0.05, 0.1) is 0 Å². The van der Waals surface area contributed by atoms with E-state index in [1.807, 2.05) is 7.05 Å². The Morgan fingerprint density at radius 1 is 1.54 bits per heavy atom. The number of nitrogens with one attached hydrogen (secondary N) is 1. The summed E-state index contributed by atoms with van der Waals surface area (Å²) in [6, 6.07) is 0. The molecular weight excluding hydrogens is 162 g/mol. The van der Waals surface area contributed by atoms with Crippen LogP contribution in [0.15, 0.2) is 4.99 Å². The Morgan fingerprint density at radius 3 is 2.92 bits per heavy atom. The topological polar surface area (TPSA) is 27.6 Å². The monoisotopic (exact) mass is 183 g/mol. The molecule has 0 aromatic carbocycles. The van der Waals surface area contributed by atoms with Gasteiger partial charge in [0.25, 0.3) is 0 Å². The fourth-order valence-electron chi connectivity index (χ4n) is 2.01. The molecule has 0 spiro atoms. The SMILES string of the molecule is CCN=CC1CN(C)CC1CNC. The van der Waals surface area contributed by atoms with Gasteiger partial charge in [0, 0.05) is 31.8 Å². The third kappa shape index (κ3) is 3.08. The van der Waals surface area contributed by atoms with Gasteiger partial charge in [-0.1, -0.05) is 0 Å². The lowest BCUT2D eigenvalue weighted by Gasteiger charge is -2.13. The Bertz CT molecular complexity index is 168. The van der Waals surface area contributed by atoms with E-state index in [2.05, 4.69) is 35.4 Å². The minimum atomic E-state index is 0.650. The molecule has 3 nitrogen and oxygen atoms in total. The second kappa shape index (κ2) is 5.35. The molecule has 2 unspecified atom stereocenters. The summed E-state index contributed by atoms with van der Waals surface area (Å²) in [6.07, 6.45) is 2.14. The van der Waals surface area contributed by atoms with E-state index < -0.39 is 0 Å². The predicted molar refractivity (Wildman–Crippen MR) is 57.4 cm³/mol. The summed E-state index contributed by atoms with van der Waals surface area (Å²) in [5, 5.41) is 3.25. The highest BCUT2D eigenvalue weighted by Gasteiger charge is 2.28. The summed E-state index contributed by atoms with van der Waals surface area (Å²) in [4.78, 5) is 6.72. The van der Waals surface area contributed by atoms with Crippen LogP contribution in [0.25, 0.3) is 0 Å². The second-order valence-electron chi connectivity index (χ2n) is 3.85. The first-order valence-electron chi connectivity index (χ1n) is 5.11. The first-order chi connectivity index (χ1) is 6.27. The summed E-state index contributed by atoms with van der Waals surface area (Å²) in [5.41, 5.74) is 0. The van der Waals surface area contributed by atoms with Crippen molar-refractivity contribution in [3.63, 3.8) is 0 Å². The first kappa shape index (κ1) is 10.7. The maximum Gasteiger partial charge on any atom is 0.0357 e. The van der Waals surface area contributed by atoms with Crippen molar-refractivity contribution in [1.29, 1.82) is 0 Å². The van der Waals surface area contributed by atoms with Gasteiger partial charge in [-0.2, -0.15) is 0 Å². The molecule has 0 aliphatic carbocycles. The van der Waals surface area contributed by atoms with Crippen LogP contribution in [0.4, 0.5) is 0 Å². The second-order valence-corrected chi connectivity index (χ2v) is 3.85. The van der Waals surface area contributed by atoms with Crippen molar-refractivity contribution in [3.8, 4) is 0 Å². The van der Waals surface area contributed by atoms with Crippen molar-refractivity contribution in [1.82, 2.24) is 10.2 Å². The lowest BCUT2D eigenvalue weighted by Crippen LogP contribution is -2.25. The van der Waals surface area contributed by atoms with Crippen LogP contribution in [-0.2, 0) is 0 Å². The molecule has 1 fully saturated rings. The fraction of sp³-hybridized carbons (Fsp3) is 0.900. The molecule has 3 heteroatoms. The molecule has 1 aliphatic heterocycles. The van der Waals surface area contributed by atoms with Gasteiger partial charge in [-0.3, -0.25) is 4.99 Å². The average Bonchev–Trinajstić information content (AvgIpc) is 2.44. The third-order valence-corrected chi connectivity index (χ3v) is 2.62. The van der Waals surface area contributed by atoms with Gasteiger partial charge in [0.2, 0.25) is 0 Å². The Hall–Kier alpha value is -0.410. The Kier molecular flexibility index (Phi) is 4.39. The largest absolute Gasteiger partial charge is 0.319 e. The van der Waals surface area contributed by atoms with E-state index in [1.165, 1.54) is 6.54 Å². The fourth-order valence-corrected chi connectivity index (χ4v) is 2.01. The number of likely N-dealkylation sites (tertiary alicyclic amines) is 1. The molecule has 0 bridgehead atoms. The Morgan fingerprint density at radius 2 is 2.31 bits per heavy atom. The molecule has 0 amide bonds. The number of hydrogen-bond donors (Lipinski definition) is 1. The van der Waals surface area contributed by atoms with Gasteiger partial charge < -0.3 is 10.2 Å². The lowest BCUT2D eigenvalue weighted by molar-refractivity contribution is 0.392. The van der Waals surface area contributed by atoms with E-state index in [0.717, 1.165) is 25.6 Å². The smallest absolute Gasteiger partial charge is 0.0357 e. The number of hydrogen-bond acceptors (Lipinski definition) is 3. The van der Waals surface area contributed by atoms with Crippen molar-refractivity contribution >= 4 is 6.21 Å². The van der Waals surface area contributed by atoms with Gasteiger partial charge in [-0.15, -0.1) is 0 Å². The molecule has 1 rings (SSSR count). The molecular formula is C10H21N3. The lowest BCUT2D eigenvalue weighted by atomic mass is 9.97. The Balaban J connectivity index is 2.45. The van der Waals surface area contributed by atoms with Gasteiger partial charge in [0.15, 0.2) is 0 Å². The van der Waals surface area contributed by atoms with E-state index in [9.17, 15) is 0 Å². The molecule has 0 saturated carbocycles. The molecule has 1 aliphatic rings. The summed E-state index contributed by atoms with van der Waals surface area (Å²) in [7, 11) is 4.20. The number of aliphatic imine (C=N–C) groups is 1. The van der Waals surface area contributed by atoms with Crippen molar-refractivity contribution in [2.45, 2.75) is 6.92 Å². The summed E-state index contributed by atoms with van der Waals surface area (Å²) >= 11 is 0. The van der Waals surface area contributed by atoms with Gasteiger partial charge >= 0.3 is 0 Å². The highest BCUT2D eigenvalue weighted by Crippen LogP contribution is 2.19. The Labute approximate surface area is 81.2 Å². The van der Waals surface area contributed by atoms with Crippen LogP contribution < -0.4 is 5.32 Å². The number of rotatable bonds is 4. The van der Waals surface area contributed by atoms with Crippen LogP contribution in [0.3, 0.4) is 0 Å². The highest BCUT2D eigenvalue weighted by molar-refractivity contribution is 5.62. The van der Waals surface area contributed by atoms with E-state index in [0.29, 0.717) is 5.92 Å². The maximum absolute atomic E-state index is 4.34. The van der Waals surface area contributed by atoms with Gasteiger partial charge in [-0.25, -0.2) is 0 Å². The first-order valence-corrected chi connectivity index (χ1v) is 5.11. The molecule has 0 aromatic heterocycles. The average molecular weight is 183 g/mol. The number of nitrogens with zero attached hydrogens (tertiary/aromatic N) is 2. The zero-order chi connectivity index (χ0) is 9.68. The molecule has 13 heavy (non-hydrogen) atoms. The van der Waals surface area contributed by atoms with E-state index in [1.54, 1.807) is 0 Å². The maximum atomic E-state index is 4.34. The van der Waals surface area contributed by atoms with Crippen LogP contribution in [0.5, 0.6) is 0 Å². The summed E-state index contributed by atoms with van der Waals surface area (Å²) < 4.78 is 0. The zero-order valence-corrected chi connectivity index (χ0v) is 8.95. The quantitative estimate of drug-likeness (QED) is 0.642. The van der Waals surface area contributed by atoms with E-state index in [4.69, 9.17) is 0 Å². The van der Waals surface area contributed by atoms with Gasteiger partial charge in [0.1, 0.15) is 0 Å². The minimum absolute atomic E-state index is 0.650. The van der Waals surface area contributed by atoms with E-state index >= 15 is 0 Å². The molecule has 0 aromatic rings. The van der Waals surface area contributed by atoms with Crippen molar-refractivity contribution in [3.05, 3.63) is 0 Å². The zero-order valence-electron chi connectivity index (χ0n) is 8.95. The summed E-state index contributed by atoms with van der Waals surface area (Å²) in [6.45, 7) is 6.45. The molecule has 76 valence electrons. The molecule has 1 N–H and O–H groups in total. The molecule has 1 heterocycles. The standard InChI is InChI=1S/C10H21N3/c1-4-12-6-10-8-13(3)7-9(10)5-11-2/h6,9-11H,4-5,7-8H2,1-3H3. The molecule has 0 radical (unpaired) electrons. The van der Waals surface area contributed by atoms with Crippen LogP contribution in [-0.4, -0.2) is 51.4 Å².